The van der Waals surface area contributed by atoms with Crippen LogP contribution in [0.25, 0.3) is 0 Å². The third-order valence-corrected chi connectivity index (χ3v) is 7.30. The number of sulfonamides is 1. The van der Waals surface area contributed by atoms with E-state index in [-0.39, 0.29) is 16.7 Å². The standard InChI is InChI=1S/C20H28N2O4S2/c1-25-17-7-8-20(19(13-17)26-2)28(23,24)21-14-18(16-9-12-27-15-16)22-10-5-3-4-6-11-22/h7-9,12-13,15,18,21H,3-6,10-11,14H2,1-2H3. The Morgan fingerprint density at radius 1 is 1.11 bits per heavy atom. The Kier molecular flexibility index (Phi) is 7.34. The molecule has 0 bridgehead atoms. The van der Waals surface area contributed by atoms with Crippen molar-refractivity contribution in [1.29, 1.82) is 0 Å². The summed E-state index contributed by atoms with van der Waals surface area (Å²) in [6.07, 6.45) is 4.78. The molecule has 0 saturated carbocycles. The Hall–Kier alpha value is -1.61. The fourth-order valence-corrected chi connectivity index (χ4v) is 5.49. The van der Waals surface area contributed by atoms with Crippen LogP contribution in [0, 0.1) is 0 Å². The molecular formula is C20H28N2O4S2. The number of benzene rings is 1. The van der Waals surface area contributed by atoms with Gasteiger partial charge in [0.25, 0.3) is 0 Å². The molecule has 6 nitrogen and oxygen atoms in total. The zero-order valence-corrected chi connectivity index (χ0v) is 18.0. The maximum atomic E-state index is 13.0. The van der Waals surface area contributed by atoms with Crippen molar-refractivity contribution in [3.05, 3.63) is 40.6 Å². The average Bonchev–Trinajstić information content (AvgIpc) is 3.10. The monoisotopic (exact) mass is 424 g/mol. The molecule has 0 aliphatic carbocycles. The van der Waals surface area contributed by atoms with Crippen molar-refractivity contribution < 1.29 is 17.9 Å². The van der Waals surface area contributed by atoms with Gasteiger partial charge in [0.15, 0.2) is 0 Å². The van der Waals surface area contributed by atoms with Crippen LogP contribution in [-0.4, -0.2) is 47.2 Å². The molecule has 1 N–H and O–H groups in total. The van der Waals surface area contributed by atoms with Gasteiger partial charge in [-0.25, -0.2) is 13.1 Å². The largest absolute Gasteiger partial charge is 0.497 e. The van der Waals surface area contributed by atoms with Crippen LogP contribution >= 0.6 is 11.3 Å². The van der Waals surface area contributed by atoms with E-state index in [1.54, 1.807) is 23.5 Å². The molecule has 8 heteroatoms. The Morgan fingerprint density at radius 3 is 2.46 bits per heavy atom. The van der Waals surface area contributed by atoms with E-state index in [2.05, 4.69) is 21.1 Å². The summed E-state index contributed by atoms with van der Waals surface area (Å²) in [5.41, 5.74) is 1.16. The van der Waals surface area contributed by atoms with Crippen LogP contribution < -0.4 is 14.2 Å². The fraction of sp³-hybridized carbons (Fsp3) is 0.500. The maximum Gasteiger partial charge on any atom is 0.244 e. The SMILES string of the molecule is COc1ccc(S(=O)(=O)NCC(c2ccsc2)N2CCCCCC2)c(OC)c1. The molecule has 1 unspecified atom stereocenters. The van der Waals surface area contributed by atoms with Gasteiger partial charge in [-0.1, -0.05) is 12.8 Å². The number of nitrogens with zero attached hydrogens (tertiary/aromatic N) is 1. The van der Waals surface area contributed by atoms with E-state index in [1.165, 1.54) is 33.1 Å². The molecule has 154 valence electrons. The smallest absolute Gasteiger partial charge is 0.244 e. The molecule has 0 spiro atoms. The molecule has 1 aliphatic rings. The Balaban J connectivity index is 1.80. The summed E-state index contributed by atoms with van der Waals surface area (Å²) in [5.74, 6) is 0.824. The van der Waals surface area contributed by atoms with E-state index in [4.69, 9.17) is 9.47 Å². The molecular weight excluding hydrogens is 396 g/mol. The summed E-state index contributed by atoms with van der Waals surface area (Å²) in [4.78, 5) is 2.53. The first-order chi connectivity index (χ1) is 13.5. The maximum absolute atomic E-state index is 13.0. The van der Waals surface area contributed by atoms with Crippen LogP contribution in [0.5, 0.6) is 11.5 Å². The molecule has 1 aliphatic heterocycles. The lowest BCUT2D eigenvalue weighted by Crippen LogP contribution is -2.38. The predicted molar refractivity (Wildman–Crippen MR) is 112 cm³/mol. The van der Waals surface area contributed by atoms with Gasteiger partial charge in [0.1, 0.15) is 16.4 Å². The van der Waals surface area contributed by atoms with Gasteiger partial charge in [0, 0.05) is 18.7 Å². The minimum atomic E-state index is -3.72. The Labute approximate surface area is 171 Å². The molecule has 28 heavy (non-hydrogen) atoms. The number of nitrogens with one attached hydrogen (secondary N) is 1. The van der Waals surface area contributed by atoms with Gasteiger partial charge in [-0.05, 0) is 60.5 Å². The Bertz CT molecular complexity index is 845. The van der Waals surface area contributed by atoms with Gasteiger partial charge in [0.2, 0.25) is 10.0 Å². The van der Waals surface area contributed by atoms with Crippen LogP contribution in [0.3, 0.4) is 0 Å². The highest BCUT2D eigenvalue weighted by Gasteiger charge is 2.26. The van der Waals surface area contributed by atoms with Gasteiger partial charge in [-0.15, -0.1) is 0 Å². The van der Waals surface area contributed by atoms with Crippen molar-refractivity contribution in [3.8, 4) is 11.5 Å². The summed E-state index contributed by atoms with van der Waals surface area (Å²) in [6, 6.07) is 6.85. The van der Waals surface area contributed by atoms with E-state index in [0.29, 0.717) is 12.3 Å². The minimum Gasteiger partial charge on any atom is -0.497 e. The van der Waals surface area contributed by atoms with E-state index >= 15 is 0 Å². The second-order valence-corrected chi connectivity index (χ2v) is 9.41. The molecule has 1 atom stereocenters. The zero-order valence-electron chi connectivity index (χ0n) is 16.4. The lowest BCUT2D eigenvalue weighted by molar-refractivity contribution is 0.206. The highest BCUT2D eigenvalue weighted by Crippen LogP contribution is 2.30. The fourth-order valence-electron chi connectivity index (χ4n) is 3.59. The average molecular weight is 425 g/mol. The highest BCUT2D eigenvalue weighted by atomic mass is 32.2. The van der Waals surface area contributed by atoms with Crippen LogP contribution in [0.4, 0.5) is 0 Å². The second-order valence-electron chi connectivity index (χ2n) is 6.89. The van der Waals surface area contributed by atoms with Crippen LogP contribution in [-0.2, 0) is 10.0 Å². The third kappa shape index (κ3) is 5.05. The van der Waals surface area contributed by atoms with Crippen molar-refractivity contribution >= 4 is 21.4 Å². The van der Waals surface area contributed by atoms with Crippen LogP contribution in [0.15, 0.2) is 39.9 Å². The summed E-state index contributed by atoms with van der Waals surface area (Å²) in [6.45, 7) is 2.32. The number of ether oxygens (including phenoxy) is 2. The third-order valence-electron chi connectivity index (χ3n) is 5.14. The van der Waals surface area contributed by atoms with E-state index in [9.17, 15) is 8.42 Å². The molecule has 2 aromatic rings. The van der Waals surface area contributed by atoms with Crippen LogP contribution in [0.1, 0.15) is 37.3 Å². The van der Waals surface area contributed by atoms with E-state index < -0.39 is 10.0 Å². The number of hydrogen-bond donors (Lipinski definition) is 1. The lowest BCUT2D eigenvalue weighted by atomic mass is 10.1. The van der Waals surface area contributed by atoms with Gasteiger partial charge >= 0.3 is 0 Å². The van der Waals surface area contributed by atoms with Crippen molar-refractivity contribution in [2.75, 3.05) is 33.9 Å². The number of rotatable bonds is 8. The molecule has 0 radical (unpaired) electrons. The van der Waals surface area contributed by atoms with Gasteiger partial charge < -0.3 is 9.47 Å². The second kappa shape index (κ2) is 9.73. The quantitative estimate of drug-likeness (QED) is 0.700. The first-order valence-corrected chi connectivity index (χ1v) is 12.0. The molecule has 0 amide bonds. The number of likely N-dealkylation sites (tertiary alicyclic amines) is 1. The molecule has 2 heterocycles. The molecule has 1 aromatic carbocycles. The summed E-state index contributed by atoms with van der Waals surface area (Å²) in [7, 11) is -0.723. The molecule has 1 aromatic heterocycles. The first-order valence-electron chi connectivity index (χ1n) is 9.53. The zero-order chi connectivity index (χ0) is 20.0. The van der Waals surface area contributed by atoms with Crippen molar-refractivity contribution in [1.82, 2.24) is 9.62 Å². The number of hydrogen-bond acceptors (Lipinski definition) is 6. The van der Waals surface area contributed by atoms with Gasteiger partial charge in [0.05, 0.1) is 14.2 Å². The number of methoxy groups -OCH3 is 2. The first kappa shape index (κ1) is 21.1. The van der Waals surface area contributed by atoms with Crippen molar-refractivity contribution in [2.45, 2.75) is 36.6 Å². The van der Waals surface area contributed by atoms with Crippen molar-refractivity contribution in [2.24, 2.45) is 0 Å². The molecule has 1 fully saturated rings. The Morgan fingerprint density at radius 2 is 1.86 bits per heavy atom. The normalized spacial score (nSPS) is 17.1. The summed E-state index contributed by atoms with van der Waals surface area (Å²) >= 11 is 1.64. The minimum absolute atomic E-state index is 0.0309. The molecule has 1 saturated heterocycles. The van der Waals surface area contributed by atoms with Gasteiger partial charge in [-0.3, -0.25) is 4.90 Å². The lowest BCUT2D eigenvalue weighted by Gasteiger charge is -2.30. The van der Waals surface area contributed by atoms with Crippen LogP contribution in [0.2, 0.25) is 0 Å². The van der Waals surface area contributed by atoms with Crippen molar-refractivity contribution in [3.63, 3.8) is 0 Å². The highest BCUT2D eigenvalue weighted by molar-refractivity contribution is 7.89. The van der Waals surface area contributed by atoms with E-state index in [0.717, 1.165) is 31.5 Å². The topological polar surface area (TPSA) is 67.9 Å². The number of thiophene rings is 1. The molecule has 3 rings (SSSR count). The summed E-state index contributed by atoms with van der Waals surface area (Å²) in [5, 5.41) is 4.15. The predicted octanol–water partition coefficient (Wildman–Crippen LogP) is 3.66. The summed E-state index contributed by atoms with van der Waals surface area (Å²) < 4.78 is 39.2. The van der Waals surface area contributed by atoms with Gasteiger partial charge in [-0.2, -0.15) is 11.3 Å². The van der Waals surface area contributed by atoms with E-state index in [1.807, 2.05) is 5.38 Å².